The SMILES string of the molecule is CCSc1nc(N2C[C@H]3CC[C@@H]([C@H]2CO[Si](C)(C)C(C)(C)C)N3C(=O)O)c2c(Br)nc(Cl)c(F)c2n1. The molecule has 0 saturated carbocycles. The smallest absolute Gasteiger partial charge is 0.407 e. The lowest BCUT2D eigenvalue weighted by Crippen LogP contribution is -2.63. The van der Waals surface area contributed by atoms with Crippen LogP contribution in [0.3, 0.4) is 0 Å². The first-order valence-corrected chi connectivity index (χ1v) is 17.1. The van der Waals surface area contributed by atoms with Gasteiger partial charge in [0.05, 0.1) is 30.1 Å². The maximum atomic E-state index is 15.2. The highest BCUT2D eigenvalue weighted by atomic mass is 79.9. The predicted octanol–water partition coefficient (Wildman–Crippen LogP) is 6.41. The van der Waals surface area contributed by atoms with Gasteiger partial charge in [-0.15, -0.1) is 0 Å². The van der Waals surface area contributed by atoms with Crippen LogP contribution in [0.4, 0.5) is 15.0 Å². The Labute approximate surface area is 229 Å². The first kappa shape index (κ1) is 27.8. The number of fused-ring (bicyclic) bond motifs is 3. The van der Waals surface area contributed by atoms with Gasteiger partial charge in [-0.05, 0) is 52.7 Å². The molecule has 2 aromatic rings. The van der Waals surface area contributed by atoms with Crippen molar-refractivity contribution in [1.29, 1.82) is 0 Å². The second-order valence-electron chi connectivity index (χ2n) is 10.8. The summed E-state index contributed by atoms with van der Waals surface area (Å²) in [5.41, 5.74) is 0.0971. The standard InChI is InChI=1S/C23H32BrClFN5O3SSi/c1-7-35-21-27-17-15(18(24)28-19(25)16(17)26)20(29-21)30-10-12-8-9-13(31(12)22(32)33)14(30)11-34-36(5,6)23(2,3)4/h12-14H,7-11H2,1-6H3,(H,32,33)/t12-,13+,14-/m1/s1. The summed E-state index contributed by atoms with van der Waals surface area (Å²) in [6.07, 6.45) is 0.566. The minimum absolute atomic E-state index is 0.00340. The molecule has 2 fully saturated rings. The molecule has 4 heterocycles. The average molecular weight is 621 g/mol. The Morgan fingerprint density at radius 2 is 2.00 bits per heavy atom. The number of amides is 1. The van der Waals surface area contributed by atoms with Crippen molar-refractivity contribution in [2.75, 3.05) is 23.8 Å². The van der Waals surface area contributed by atoms with Crippen LogP contribution < -0.4 is 4.90 Å². The number of carbonyl (C=O) groups is 1. The monoisotopic (exact) mass is 619 g/mol. The molecule has 0 unspecified atom stereocenters. The summed E-state index contributed by atoms with van der Waals surface area (Å²) in [5.74, 6) is 0.539. The van der Waals surface area contributed by atoms with Gasteiger partial charge >= 0.3 is 6.09 Å². The van der Waals surface area contributed by atoms with E-state index in [1.165, 1.54) is 11.8 Å². The third-order valence-electron chi connectivity index (χ3n) is 7.65. The number of anilines is 1. The van der Waals surface area contributed by atoms with Crippen molar-refractivity contribution in [3.63, 3.8) is 0 Å². The van der Waals surface area contributed by atoms with E-state index in [1.54, 1.807) is 4.90 Å². The van der Waals surface area contributed by atoms with Crippen LogP contribution in [0.1, 0.15) is 40.5 Å². The van der Waals surface area contributed by atoms with Crippen LogP contribution in [0.15, 0.2) is 9.76 Å². The van der Waals surface area contributed by atoms with E-state index in [-0.39, 0.29) is 33.8 Å². The molecule has 0 aromatic carbocycles. The predicted molar refractivity (Wildman–Crippen MR) is 147 cm³/mol. The van der Waals surface area contributed by atoms with E-state index in [1.807, 2.05) is 6.92 Å². The van der Waals surface area contributed by atoms with Gasteiger partial charge < -0.3 is 14.4 Å². The molecule has 0 radical (unpaired) electrons. The first-order valence-electron chi connectivity index (χ1n) is 12.0. The van der Waals surface area contributed by atoms with E-state index in [0.29, 0.717) is 39.9 Å². The number of carboxylic acid groups (broad SMARTS) is 1. The molecule has 4 rings (SSSR count). The molecule has 2 aliphatic heterocycles. The van der Waals surface area contributed by atoms with Crippen molar-refractivity contribution >= 4 is 70.4 Å². The lowest BCUT2D eigenvalue weighted by atomic mass is 10.0. The molecule has 2 saturated heterocycles. The zero-order valence-corrected chi connectivity index (χ0v) is 25.5. The molecular formula is C23H32BrClFN5O3SSi. The fourth-order valence-electron chi connectivity index (χ4n) is 4.76. The highest BCUT2D eigenvalue weighted by Crippen LogP contribution is 2.43. The molecule has 13 heteroatoms. The number of hydrogen-bond donors (Lipinski definition) is 1. The van der Waals surface area contributed by atoms with E-state index in [9.17, 15) is 9.90 Å². The van der Waals surface area contributed by atoms with E-state index < -0.39 is 20.2 Å². The Bertz CT molecular complexity index is 1190. The summed E-state index contributed by atoms with van der Waals surface area (Å²) >= 11 is 10.9. The van der Waals surface area contributed by atoms with E-state index >= 15 is 4.39 Å². The van der Waals surface area contributed by atoms with Crippen LogP contribution >= 0.6 is 39.3 Å². The van der Waals surface area contributed by atoms with Gasteiger partial charge in [0.15, 0.2) is 24.4 Å². The molecular weight excluding hydrogens is 589 g/mol. The van der Waals surface area contributed by atoms with Crippen molar-refractivity contribution in [2.24, 2.45) is 0 Å². The summed E-state index contributed by atoms with van der Waals surface area (Å²) in [7, 11) is -2.13. The number of hydrogen-bond acceptors (Lipinski definition) is 7. The summed E-state index contributed by atoms with van der Waals surface area (Å²) < 4.78 is 22.2. The number of nitrogens with zero attached hydrogens (tertiary/aromatic N) is 5. The van der Waals surface area contributed by atoms with E-state index in [2.05, 4.69) is 64.7 Å². The molecule has 1 amide bonds. The van der Waals surface area contributed by atoms with Crippen LogP contribution in [0.5, 0.6) is 0 Å². The largest absolute Gasteiger partial charge is 0.465 e. The third kappa shape index (κ3) is 4.95. The third-order valence-corrected chi connectivity index (χ3v) is 13.7. The molecule has 36 heavy (non-hydrogen) atoms. The highest BCUT2D eigenvalue weighted by Gasteiger charge is 2.50. The molecule has 2 aliphatic rings. The van der Waals surface area contributed by atoms with Crippen LogP contribution in [-0.2, 0) is 4.43 Å². The number of aromatic nitrogens is 3. The minimum atomic E-state index is -2.13. The number of piperazine rings is 1. The summed E-state index contributed by atoms with van der Waals surface area (Å²) in [5, 5.41) is 10.6. The van der Waals surface area contributed by atoms with Crippen molar-refractivity contribution in [2.45, 2.75) is 82.0 Å². The van der Waals surface area contributed by atoms with Crippen molar-refractivity contribution in [3.8, 4) is 0 Å². The van der Waals surface area contributed by atoms with Gasteiger partial charge in [-0.25, -0.2) is 24.1 Å². The second kappa shape index (κ2) is 10.2. The first-order chi connectivity index (χ1) is 16.8. The van der Waals surface area contributed by atoms with E-state index in [4.69, 9.17) is 21.0 Å². The van der Waals surface area contributed by atoms with Crippen LogP contribution in [-0.4, -0.2) is 76.4 Å². The van der Waals surface area contributed by atoms with Gasteiger partial charge in [-0.2, -0.15) is 0 Å². The molecule has 0 aliphatic carbocycles. The zero-order chi connectivity index (χ0) is 26.6. The van der Waals surface area contributed by atoms with Crippen LogP contribution in [0.2, 0.25) is 23.3 Å². The molecule has 198 valence electrons. The summed E-state index contributed by atoms with van der Waals surface area (Å²) in [6.45, 7) is 13.6. The summed E-state index contributed by atoms with van der Waals surface area (Å²) in [4.78, 5) is 29.3. The van der Waals surface area contributed by atoms with Crippen molar-refractivity contribution < 1.29 is 18.7 Å². The lowest BCUT2D eigenvalue weighted by molar-refractivity contribution is 0.0884. The fraction of sp³-hybridized carbons (Fsp3) is 0.652. The number of thioether (sulfide) groups is 1. The van der Waals surface area contributed by atoms with Crippen LogP contribution in [0, 0.1) is 5.82 Å². The maximum Gasteiger partial charge on any atom is 0.407 e. The number of pyridine rings is 1. The fourth-order valence-corrected chi connectivity index (χ4v) is 7.16. The summed E-state index contributed by atoms with van der Waals surface area (Å²) in [6, 6.07) is -0.743. The van der Waals surface area contributed by atoms with Crippen LogP contribution in [0.25, 0.3) is 10.9 Å². The van der Waals surface area contributed by atoms with Gasteiger partial charge in [0.1, 0.15) is 15.9 Å². The topological polar surface area (TPSA) is 91.7 Å². The van der Waals surface area contributed by atoms with E-state index in [0.717, 1.165) is 12.8 Å². The lowest BCUT2D eigenvalue weighted by Gasteiger charge is -2.48. The average Bonchev–Trinajstić information content (AvgIpc) is 3.11. The molecule has 1 N–H and O–H groups in total. The Morgan fingerprint density at radius 3 is 2.61 bits per heavy atom. The molecule has 2 aromatic heterocycles. The molecule has 3 atom stereocenters. The van der Waals surface area contributed by atoms with Gasteiger partial charge in [-0.3, -0.25) is 4.90 Å². The zero-order valence-electron chi connectivity index (χ0n) is 21.3. The van der Waals surface area contributed by atoms with Crippen molar-refractivity contribution in [1.82, 2.24) is 19.9 Å². The Kier molecular flexibility index (Phi) is 7.85. The molecule has 0 spiro atoms. The quantitative estimate of drug-likeness (QED) is 0.171. The molecule has 2 bridgehead atoms. The minimum Gasteiger partial charge on any atom is -0.465 e. The van der Waals surface area contributed by atoms with Crippen molar-refractivity contribution in [3.05, 3.63) is 15.6 Å². The van der Waals surface area contributed by atoms with Gasteiger partial charge in [-0.1, -0.05) is 51.1 Å². The highest BCUT2D eigenvalue weighted by molar-refractivity contribution is 9.10. The van der Waals surface area contributed by atoms with Gasteiger partial charge in [0.25, 0.3) is 0 Å². The Hall–Kier alpha value is -1.21. The Morgan fingerprint density at radius 1 is 1.31 bits per heavy atom. The number of rotatable bonds is 6. The second-order valence-corrected chi connectivity index (χ2v) is 17.9. The van der Waals surface area contributed by atoms with Gasteiger partial charge in [0, 0.05) is 6.54 Å². The normalized spacial score (nSPS) is 22.5. The number of halogens is 3. The maximum absolute atomic E-state index is 15.2. The van der Waals surface area contributed by atoms with Gasteiger partial charge in [0.2, 0.25) is 0 Å². The molecule has 8 nitrogen and oxygen atoms in total. The Balaban J connectivity index is 1.86.